The molecule has 1 amide bonds. The van der Waals surface area contributed by atoms with E-state index in [2.05, 4.69) is 20.5 Å². The topological polar surface area (TPSA) is 92.9 Å². The van der Waals surface area contributed by atoms with Crippen molar-refractivity contribution in [2.75, 3.05) is 5.32 Å². The third-order valence-electron chi connectivity index (χ3n) is 3.49. The molecule has 2 aromatic heterocycles. The molecule has 1 aromatic carbocycles. The van der Waals surface area contributed by atoms with Crippen LogP contribution in [0, 0.1) is 0 Å². The third-order valence-corrected chi connectivity index (χ3v) is 5.26. The smallest absolute Gasteiger partial charge is 0.239 e. The molecule has 0 unspecified atom stereocenters. The molecule has 7 nitrogen and oxygen atoms in total. The largest absolute Gasteiger partial charge is 0.507 e. The van der Waals surface area contributed by atoms with E-state index in [1.165, 1.54) is 23.1 Å². The van der Waals surface area contributed by atoms with Gasteiger partial charge in [-0.25, -0.2) is 4.98 Å². The molecule has 3 aromatic rings. The Bertz CT molecular complexity index is 863. The fourth-order valence-electron chi connectivity index (χ4n) is 2.23. The number of thiazole rings is 1. The van der Waals surface area contributed by atoms with Crippen molar-refractivity contribution in [2.24, 2.45) is 0 Å². The van der Waals surface area contributed by atoms with E-state index < -0.39 is 0 Å². The molecule has 9 heteroatoms. The maximum atomic E-state index is 12.3. The molecule has 3 rings (SSSR count). The Morgan fingerprint density at radius 2 is 2.20 bits per heavy atom. The monoisotopic (exact) mass is 375 g/mol. The number of hydrogen-bond acceptors (Lipinski definition) is 7. The minimum absolute atomic E-state index is 0.144. The fourth-order valence-corrected chi connectivity index (χ4v) is 3.67. The van der Waals surface area contributed by atoms with Crippen molar-refractivity contribution >= 4 is 34.1 Å². The Labute approximate surface area is 153 Å². The van der Waals surface area contributed by atoms with E-state index >= 15 is 0 Å². The van der Waals surface area contributed by atoms with Gasteiger partial charge in [0.05, 0.1) is 10.8 Å². The van der Waals surface area contributed by atoms with Crippen LogP contribution in [0.2, 0.25) is 0 Å². The Morgan fingerprint density at radius 1 is 1.40 bits per heavy atom. The lowest BCUT2D eigenvalue weighted by Crippen LogP contribution is -2.22. The first-order valence-electron chi connectivity index (χ1n) is 7.68. The summed E-state index contributed by atoms with van der Waals surface area (Å²) in [4.78, 5) is 16.3. The van der Waals surface area contributed by atoms with Gasteiger partial charge in [-0.15, -0.1) is 21.5 Å². The number of phenols is 1. The van der Waals surface area contributed by atoms with Gasteiger partial charge in [-0.2, -0.15) is 0 Å². The lowest BCUT2D eigenvalue weighted by Gasteiger charge is -2.12. The zero-order valence-corrected chi connectivity index (χ0v) is 15.3. The van der Waals surface area contributed by atoms with Crippen LogP contribution in [0.25, 0.3) is 11.4 Å². The third kappa shape index (κ3) is 3.83. The number of carbonyl (C=O) groups is 1. The number of nitrogens with one attached hydrogen (secondary N) is 1. The molecule has 0 aliphatic rings. The second kappa shape index (κ2) is 7.66. The number of amides is 1. The molecule has 130 valence electrons. The van der Waals surface area contributed by atoms with Gasteiger partial charge in [0, 0.05) is 18.1 Å². The predicted molar refractivity (Wildman–Crippen MR) is 98.9 cm³/mol. The van der Waals surface area contributed by atoms with E-state index in [-0.39, 0.29) is 16.9 Å². The Balaban J connectivity index is 1.79. The van der Waals surface area contributed by atoms with Gasteiger partial charge in [0.15, 0.2) is 16.1 Å². The number of phenolic OH excluding ortho intramolecular Hbond substituents is 1. The van der Waals surface area contributed by atoms with E-state index in [1.807, 2.05) is 24.5 Å². The molecule has 1 atom stereocenters. The van der Waals surface area contributed by atoms with Crippen molar-refractivity contribution in [1.29, 1.82) is 0 Å². The molecule has 2 N–H and O–H groups in total. The number of anilines is 1. The summed E-state index contributed by atoms with van der Waals surface area (Å²) in [7, 11) is 0. The van der Waals surface area contributed by atoms with Gasteiger partial charge in [0.25, 0.3) is 0 Å². The maximum Gasteiger partial charge on any atom is 0.239 e. The normalized spacial score (nSPS) is 12.1. The van der Waals surface area contributed by atoms with Crippen LogP contribution in [-0.2, 0) is 11.3 Å². The zero-order valence-electron chi connectivity index (χ0n) is 13.7. The van der Waals surface area contributed by atoms with Gasteiger partial charge in [-0.1, -0.05) is 23.9 Å². The number of hydrogen-bond donors (Lipinski definition) is 2. The molecule has 25 heavy (non-hydrogen) atoms. The number of thioether (sulfide) groups is 1. The molecule has 0 spiro atoms. The number of carbonyl (C=O) groups excluding carboxylic acids is 1. The van der Waals surface area contributed by atoms with Crippen molar-refractivity contribution in [3.05, 3.63) is 35.8 Å². The zero-order chi connectivity index (χ0) is 17.8. The number of aromatic hydroxyl groups is 1. The number of nitrogens with zero attached hydrogens (tertiary/aromatic N) is 4. The maximum absolute atomic E-state index is 12.3. The highest BCUT2D eigenvalue weighted by molar-refractivity contribution is 8.00. The average molecular weight is 375 g/mol. The first-order valence-corrected chi connectivity index (χ1v) is 9.44. The molecular weight excluding hydrogens is 358 g/mol. The summed E-state index contributed by atoms with van der Waals surface area (Å²) in [6, 6.07) is 6.99. The number of rotatable bonds is 6. The van der Waals surface area contributed by atoms with Gasteiger partial charge >= 0.3 is 0 Å². The number of aromatic nitrogens is 4. The van der Waals surface area contributed by atoms with E-state index in [9.17, 15) is 9.90 Å². The van der Waals surface area contributed by atoms with Crippen molar-refractivity contribution in [3.63, 3.8) is 0 Å². The van der Waals surface area contributed by atoms with Crippen LogP contribution < -0.4 is 5.32 Å². The lowest BCUT2D eigenvalue weighted by molar-refractivity contribution is -0.115. The second-order valence-electron chi connectivity index (χ2n) is 5.15. The quantitative estimate of drug-likeness (QED) is 0.643. The van der Waals surface area contributed by atoms with Gasteiger partial charge in [0.1, 0.15) is 5.75 Å². The number of benzene rings is 1. The molecule has 2 heterocycles. The fraction of sp³-hybridized carbons (Fsp3) is 0.250. The van der Waals surface area contributed by atoms with Crippen molar-refractivity contribution < 1.29 is 9.90 Å². The van der Waals surface area contributed by atoms with E-state index in [1.54, 1.807) is 29.8 Å². The molecule has 0 saturated heterocycles. The molecule has 0 aliphatic carbocycles. The summed E-state index contributed by atoms with van der Waals surface area (Å²) >= 11 is 2.69. The highest BCUT2D eigenvalue weighted by Gasteiger charge is 2.21. The summed E-state index contributed by atoms with van der Waals surface area (Å²) in [5, 5.41) is 23.9. The van der Waals surface area contributed by atoms with Crippen LogP contribution in [0.3, 0.4) is 0 Å². The highest BCUT2D eigenvalue weighted by atomic mass is 32.2. The van der Waals surface area contributed by atoms with Crippen LogP contribution >= 0.6 is 23.1 Å². The van der Waals surface area contributed by atoms with Crippen LogP contribution in [0.4, 0.5) is 5.13 Å². The van der Waals surface area contributed by atoms with E-state index in [0.717, 1.165) is 0 Å². The lowest BCUT2D eigenvalue weighted by atomic mass is 10.2. The van der Waals surface area contributed by atoms with Gasteiger partial charge in [-0.05, 0) is 26.0 Å². The van der Waals surface area contributed by atoms with Crippen molar-refractivity contribution in [1.82, 2.24) is 19.7 Å². The Kier molecular flexibility index (Phi) is 5.34. The van der Waals surface area contributed by atoms with Crippen LogP contribution in [-0.4, -0.2) is 36.0 Å². The summed E-state index contributed by atoms with van der Waals surface area (Å²) in [6.07, 6.45) is 1.64. The van der Waals surface area contributed by atoms with Gasteiger partial charge in [-0.3, -0.25) is 4.79 Å². The minimum Gasteiger partial charge on any atom is -0.507 e. The second-order valence-corrected chi connectivity index (χ2v) is 7.36. The summed E-state index contributed by atoms with van der Waals surface area (Å²) in [6.45, 7) is 4.40. The SMILES string of the molecule is CCn1c(S[C@@H](C)C(=O)Nc2nccs2)nnc1-c1ccccc1O. The van der Waals surface area contributed by atoms with E-state index in [4.69, 9.17) is 0 Å². The Hall–Kier alpha value is -2.39. The van der Waals surface area contributed by atoms with Gasteiger partial charge < -0.3 is 15.0 Å². The summed E-state index contributed by atoms with van der Waals surface area (Å²) in [5.41, 5.74) is 0.614. The standard InChI is InChI=1S/C16H17N5O2S2/c1-3-21-13(11-6-4-5-7-12(11)22)19-20-16(21)25-10(2)14(23)18-15-17-8-9-24-15/h4-10,22H,3H2,1-2H3,(H,17,18,23)/t10-/m0/s1. The van der Waals surface area contributed by atoms with Crippen LogP contribution in [0.15, 0.2) is 41.0 Å². The Morgan fingerprint density at radius 3 is 2.88 bits per heavy atom. The molecule has 0 aliphatic heterocycles. The molecule has 0 radical (unpaired) electrons. The van der Waals surface area contributed by atoms with Crippen LogP contribution in [0.1, 0.15) is 13.8 Å². The summed E-state index contributed by atoms with van der Waals surface area (Å²) in [5.74, 6) is 0.584. The van der Waals surface area contributed by atoms with Crippen LogP contribution in [0.5, 0.6) is 5.75 Å². The molecule has 0 fully saturated rings. The highest BCUT2D eigenvalue weighted by Crippen LogP contribution is 2.31. The molecule has 0 saturated carbocycles. The van der Waals surface area contributed by atoms with Crippen molar-refractivity contribution in [2.45, 2.75) is 30.8 Å². The van der Waals surface area contributed by atoms with Crippen molar-refractivity contribution in [3.8, 4) is 17.1 Å². The van der Waals surface area contributed by atoms with Gasteiger partial charge in [0.2, 0.25) is 5.91 Å². The number of para-hydroxylation sites is 1. The molecular formula is C16H17N5O2S2. The first kappa shape index (κ1) is 17.4. The average Bonchev–Trinajstić information content (AvgIpc) is 3.24. The summed E-state index contributed by atoms with van der Waals surface area (Å²) < 4.78 is 1.88. The predicted octanol–water partition coefficient (Wildman–Crippen LogP) is 3.25. The first-order chi connectivity index (χ1) is 12.1. The minimum atomic E-state index is -0.365. The molecule has 0 bridgehead atoms. The van der Waals surface area contributed by atoms with E-state index in [0.29, 0.717) is 28.2 Å².